The monoisotopic (exact) mass is 257 g/mol. The fourth-order valence-electron chi connectivity index (χ4n) is 2.06. The summed E-state index contributed by atoms with van der Waals surface area (Å²) in [6.45, 7) is 2.70. The average Bonchev–Trinajstić information content (AvgIpc) is 2.39. The van der Waals surface area contributed by atoms with E-state index in [-0.39, 0.29) is 0 Å². The van der Waals surface area contributed by atoms with Crippen molar-refractivity contribution in [2.45, 2.75) is 13.5 Å². The first-order chi connectivity index (χ1) is 9.11. The molecule has 2 N–H and O–H groups in total. The smallest absolute Gasteiger partial charge is 0.143 e. The lowest BCUT2D eigenvalue weighted by atomic mass is 10.2. The normalized spacial score (nSPS) is 10.3. The van der Waals surface area contributed by atoms with Crippen molar-refractivity contribution in [3.8, 4) is 5.75 Å². The SMILES string of the molecule is COc1cccc(N(C)Cc2cccc(C)n2)c1N. The number of aryl methyl sites for hydroxylation is 1. The van der Waals surface area contributed by atoms with E-state index in [1.807, 2.05) is 50.4 Å². The summed E-state index contributed by atoms with van der Waals surface area (Å²) in [5.41, 5.74) is 9.73. The Labute approximate surface area is 113 Å². The zero-order valence-corrected chi connectivity index (χ0v) is 11.6. The summed E-state index contributed by atoms with van der Waals surface area (Å²) in [6, 6.07) is 11.8. The minimum absolute atomic E-state index is 0.653. The Balaban J connectivity index is 2.23. The maximum absolute atomic E-state index is 6.09. The zero-order valence-electron chi connectivity index (χ0n) is 11.6. The molecule has 1 heterocycles. The molecule has 0 spiro atoms. The van der Waals surface area contributed by atoms with Crippen LogP contribution >= 0.6 is 0 Å². The highest BCUT2D eigenvalue weighted by molar-refractivity contribution is 5.73. The second-order valence-electron chi connectivity index (χ2n) is 4.52. The Bertz CT molecular complexity index is 569. The van der Waals surface area contributed by atoms with Gasteiger partial charge in [-0.2, -0.15) is 0 Å². The lowest BCUT2D eigenvalue weighted by Gasteiger charge is -2.21. The third-order valence-electron chi connectivity index (χ3n) is 3.02. The summed E-state index contributed by atoms with van der Waals surface area (Å²) in [6.07, 6.45) is 0. The predicted octanol–water partition coefficient (Wildman–Crippen LogP) is 2.62. The van der Waals surface area contributed by atoms with Crippen LogP contribution in [0.5, 0.6) is 5.75 Å². The van der Waals surface area contributed by atoms with Crippen LogP contribution < -0.4 is 15.4 Å². The van der Waals surface area contributed by atoms with E-state index in [1.54, 1.807) is 7.11 Å². The molecule has 0 aliphatic rings. The average molecular weight is 257 g/mol. The number of benzene rings is 1. The van der Waals surface area contributed by atoms with Crippen molar-refractivity contribution in [1.29, 1.82) is 0 Å². The molecule has 1 aromatic carbocycles. The van der Waals surface area contributed by atoms with Gasteiger partial charge in [0.25, 0.3) is 0 Å². The highest BCUT2D eigenvalue weighted by atomic mass is 16.5. The third-order valence-corrected chi connectivity index (χ3v) is 3.02. The molecule has 0 radical (unpaired) electrons. The maximum Gasteiger partial charge on any atom is 0.143 e. The first-order valence-corrected chi connectivity index (χ1v) is 6.18. The maximum atomic E-state index is 6.09. The summed E-state index contributed by atoms with van der Waals surface area (Å²) in [7, 11) is 3.62. The molecule has 0 saturated heterocycles. The number of aromatic nitrogens is 1. The number of nitrogens with two attached hydrogens (primary N) is 1. The zero-order chi connectivity index (χ0) is 13.8. The molecular weight excluding hydrogens is 238 g/mol. The molecule has 1 aromatic heterocycles. The number of nitrogen functional groups attached to an aromatic ring is 1. The molecule has 4 nitrogen and oxygen atoms in total. The Hall–Kier alpha value is -2.23. The molecule has 0 bridgehead atoms. The van der Waals surface area contributed by atoms with Crippen molar-refractivity contribution in [3.05, 3.63) is 47.8 Å². The quantitative estimate of drug-likeness (QED) is 0.855. The van der Waals surface area contributed by atoms with E-state index in [0.29, 0.717) is 18.0 Å². The fourth-order valence-corrected chi connectivity index (χ4v) is 2.06. The molecular formula is C15H19N3O. The Morgan fingerprint density at radius 2 is 1.95 bits per heavy atom. The number of hydrogen-bond donors (Lipinski definition) is 1. The molecule has 4 heteroatoms. The molecule has 2 aromatic rings. The van der Waals surface area contributed by atoms with E-state index >= 15 is 0 Å². The second kappa shape index (κ2) is 5.61. The molecule has 19 heavy (non-hydrogen) atoms. The summed E-state index contributed by atoms with van der Waals surface area (Å²) >= 11 is 0. The molecule has 0 aliphatic carbocycles. The van der Waals surface area contributed by atoms with Crippen LogP contribution in [-0.2, 0) is 6.54 Å². The highest BCUT2D eigenvalue weighted by Gasteiger charge is 2.10. The Morgan fingerprint density at radius 3 is 2.63 bits per heavy atom. The first kappa shape index (κ1) is 13.2. The second-order valence-corrected chi connectivity index (χ2v) is 4.52. The standard InChI is InChI=1S/C15H19N3O/c1-11-6-4-7-12(17-11)10-18(2)13-8-5-9-14(19-3)15(13)16/h4-9H,10,16H2,1-3H3. The molecule has 100 valence electrons. The van der Waals surface area contributed by atoms with E-state index < -0.39 is 0 Å². The molecule has 0 aliphatic heterocycles. The van der Waals surface area contributed by atoms with Crippen LogP contribution in [0.2, 0.25) is 0 Å². The van der Waals surface area contributed by atoms with E-state index in [2.05, 4.69) is 9.88 Å². The highest BCUT2D eigenvalue weighted by Crippen LogP contribution is 2.31. The van der Waals surface area contributed by atoms with Gasteiger partial charge in [0.05, 0.1) is 30.7 Å². The minimum Gasteiger partial charge on any atom is -0.495 e. The van der Waals surface area contributed by atoms with E-state index in [4.69, 9.17) is 10.5 Å². The molecule has 2 rings (SSSR count). The van der Waals surface area contributed by atoms with Gasteiger partial charge in [-0.05, 0) is 31.2 Å². The largest absolute Gasteiger partial charge is 0.495 e. The van der Waals surface area contributed by atoms with Gasteiger partial charge in [0.1, 0.15) is 5.75 Å². The summed E-state index contributed by atoms with van der Waals surface area (Å²) in [5.74, 6) is 0.696. The lowest BCUT2D eigenvalue weighted by Crippen LogP contribution is -2.19. The third kappa shape index (κ3) is 2.96. The van der Waals surface area contributed by atoms with Gasteiger partial charge in [-0.3, -0.25) is 4.98 Å². The molecule has 0 fully saturated rings. The van der Waals surface area contributed by atoms with Gasteiger partial charge in [0.15, 0.2) is 0 Å². The van der Waals surface area contributed by atoms with Crippen LogP contribution in [0.3, 0.4) is 0 Å². The number of para-hydroxylation sites is 1. The van der Waals surface area contributed by atoms with Crippen molar-refractivity contribution in [2.75, 3.05) is 24.8 Å². The summed E-state index contributed by atoms with van der Waals surface area (Å²) < 4.78 is 5.24. The van der Waals surface area contributed by atoms with Crippen LogP contribution in [0.15, 0.2) is 36.4 Å². The van der Waals surface area contributed by atoms with E-state index in [1.165, 1.54) is 0 Å². The first-order valence-electron chi connectivity index (χ1n) is 6.18. The van der Waals surface area contributed by atoms with Gasteiger partial charge in [-0.15, -0.1) is 0 Å². The van der Waals surface area contributed by atoms with Gasteiger partial charge in [-0.1, -0.05) is 12.1 Å². The van der Waals surface area contributed by atoms with E-state index in [9.17, 15) is 0 Å². The summed E-state index contributed by atoms with van der Waals surface area (Å²) in [4.78, 5) is 6.57. The summed E-state index contributed by atoms with van der Waals surface area (Å²) in [5, 5.41) is 0. The van der Waals surface area contributed by atoms with Gasteiger partial charge in [0, 0.05) is 12.7 Å². The van der Waals surface area contributed by atoms with Crippen LogP contribution in [0.25, 0.3) is 0 Å². The van der Waals surface area contributed by atoms with Crippen LogP contribution in [0.1, 0.15) is 11.4 Å². The number of ether oxygens (including phenoxy) is 1. The van der Waals surface area contributed by atoms with Gasteiger partial charge in [-0.25, -0.2) is 0 Å². The molecule has 0 amide bonds. The fraction of sp³-hybridized carbons (Fsp3) is 0.267. The number of rotatable bonds is 4. The lowest BCUT2D eigenvalue weighted by molar-refractivity contribution is 0.417. The van der Waals surface area contributed by atoms with Crippen molar-refractivity contribution in [1.82, 2.24) is 4.98 Å². The van der Waals surface area contributed by atoms with Crippen LogP contribution in [0, 0.1) is 6.92 Å². The minimum atomic E-state index is 0.653. The van der Waals surface area contributed by atoms with Gasteiger partial charge < -0.3 is 15.4 Å². The van der Waals surface area contributed by atoms with Crippen molar-refractivity contribution < 1.29 is 4.74 Å². The molecule has 0 unspecified atom stereocenters. The van der Waals surface area contributed by atoms with Crippen molar-refractivity contribution >= 4 is 11.4 Å². The van der Waals surface area contributed by atoms with Crippen LogP contribution in [0.4, 0.5) is 11.4 Å². The Kier molecular flexibility index (Phi) is 3.90. The number of nitrogens with zero attached hydrogens (tertiary/aromatic N) is 2. The van der Waals surface area contributed by atoms with Gasteiger partial charge in [0.2, 0.25) is 0 Å². The number of anilines is 2. The van der Waals surface area contributed by atoms with Gasteiger partial charge >= 0.3 is 0 Å². The molecule has 0 saturated carbocycles. The number of methoxy groups -OCH3 is 1. The van der Waals surface area contributed by atoms with E-state index in [0.717, 1.165) is 17.1 Å². The molecule has 0 atom stereocenters. The number of hydrogen-bond acceptors (Lipinski definition) is 4. The van der Waals surface area contributed by atoms with Crippen LogP contribution in [-0.4, -0.2) is 19.1 Å². The topological polar surface area (TPSA) is 51.4 Å². The predicted molar refractivity (Wildman–Crippen MR) is 78.5 cm³/mol. The van der Waals surface area contributed by atoms with Crippen molar-refractivity contribution in [3.63, 3.8) is 0 Å². The Morgan fingerprint density at radius 1 is 1.21 bits per heavy atom. The number of pyridine rings is 1. The van der Waals surface area contributed by atoms with Crippen molar-refractivity contribution in [2.24, 2.45) is 0 Å².